The zero-order valence-corrected chi connectivity index (χ0v) is 12.4. The molecule has 1 N–H and O–H groups in total. The van der Waals surface area contributed by atoms with Gasteiger partial charge in [0.2, 0.25) is 5.91 Å². The number of alkyl halides is 3. The number of carbonyl (C=O) groups excluding carboxylic acids is 1. The molecule has 0 radical (unpaired) electrons. The number of halogens is 4. The van der Waals surface area contributed by atoms with E-state index in [0.717, 1.165) is 17.7 Å². The van der Waals surface area contributed by atoms with Crippen molar-refractivity contribution in [3.63, 3.8) is 0 Å². The first-order valence-electron chi connectivity index (χ1n) is 6.48. The van der Waals surface area contributed by atoms with Crippen LogP contribution < -0.4 is 5.32 Å². The number of nitrogens with one attached hydrogen (secondary N) is 1. The second-order valence-corrected chi connectivity index (χ2v) is 5.32. The normalized spacial score (nSPS) is 11.3. The number of carbonyl (C=O) groups is 1. The monoisotopic (exact) mass is 327 g/mol. The zero-order chi connectivity index (χ0) is 16.3. The summed E-state index contributed by atoms with van der Waals surface area (Å²) in [5.74, 6) is -0.398. The third-order valence-corrected chi connectivity index (χ3v) is 3.33. The minimum atomic E-state index is -4.42. The highest BCUT2D eigenvalue weighted by molar-refractivity contribution is 6.31. The zero-order valence-electron chi connectivity index (χ0n) is 11.7. The van der Waals surface area contributed by atoms with E-state index >= 15 is 0 Å². The minimum absolute atomic E-state index is 0.143. The van der Waals surface area contributed by atoms with E-state index in [2.05, 4.69) is 5.32 Å². The van der Waals surface area contributed by atoms with Crippen molar-refractivity contribution in [2.75, 3.05) is 5.32 Å². The van der Waals surface area contributed by atoms with Crippen LogP contribution in [-0.2, 0) is 17.4 Å². The molecule has 0 saturated carbocycles. The van der Waals surface area contributed by atoms with E-state index in [1.54, 1.807) is 25.1 Å². The van der Waals surface area contributed by atoms with Crippen LogP contribution in [-0.4, -0.2) is 5.91 Å². The SMILES string of the molecule is Cc1ccc(Cl)cc1NC(=O)Cc1cccc(C(F)(F)F)c1. The maximum atomic E-state index is 12.6. The molecule has 116 valence electrons. The van der Waals surface area contributed by atoms with Gasteiger partial charge in [0.05, 0.1) is 12.0 Å². The molecule has 22 heavy (non-hydrogen) atoms. The molecule has 0 bridgehead atoms. The fourth-order valence-corrected chi connectivity index (χ4v) is 2.14. The van der Waals surface area contributed by atoms with Crippen LogP contribution >= 0.6 is 11.6 Å². The van der Waals surface area contributed by atoms with Crippen molar-refractivity contribution < 1.29 is 18.0 Å². The molecule has 2 nitrogen and oxygen atoms in total. The molecule has 0 aliphatic carbocycles. The largest absolute Gasteiger partial charge is 0.416 e. The number of rotatable bonds is 3. The summed E-state index contributed by atoms with van der Waals surface area (Å²) in [4.78, 5) is 12.0. The van der Waals surface area contributed by atoms with E-state index in [4.69, 9.17) is 11.6 Å². The topological polar surface area (TPSA) is 29.1 Å². The number of benzene rings is 2. The molecular formula is C16H13ClF3NO. The highest BCUT2D eigenvalue weighted by Gasteiger charge is 2.30. The lowest BCUT2D eigenvalue weighted by molar-refractivity contribution is -0.137. The maximum absolute atomic E-state index is 12.6. The first-order valence-corrected chi connectivity index (χ1v) is 6.85. The smallest absolute Gasteiger partial charge is 0.326 e. The van der Waals surface area contributed by atoms with Crippen LogP contribution in [0.4, 0.5) is 18.9 Å². The van der Waals surface area contributed by atoms with Crippen LogP contribution in [0.25, 0.3) is 0 Å². The summed E-state index contributed by atoms with van der Waals surface area (Å²) >= 11 is 5.86. The summed E-state index contributed by atoms with van der Waals surface area (Å²) in [5.41, 5.74) is 0.898. The van der Waals surface area contributed by atoms with Gasteiger partial charge in [0, 0.05) is 10.7 Å². The molecule has 0 unspecified atom stereocenters. The van der Waals surface area contributed by atoms with Gasteiger partial charge in [-0.3, -0.25) is 4.79 Å². The quantitative estimate of drug-likeness (QED) is 0.858. The molecular weight excluding hydrogens is 315 g/mol. The second kappa shape index (κ2) is 6.40. The lowest BCUT2D eigenvalue weighted by Crippen LogP contribution is -2.15. The van der Waals surface area contributed by atoms with Crippen LogP contribution in [0.5, 0.6) is 0 Å². The van der Waals surface area contributed by atoms with Crippen molar-refractivity contribution in [1.82, 2.24) is 0 Å². The third kappa shape index (κ3) is 4.24. The Hall–Kier alpha value is -2.01. The lowest BCUT2D eigenvalue weighted by Gasteiger charge is -2.10. The molecule has 0 aliphatic heterocycles. The van der Waals surface area contributed by atoms with Crippen LogP contribution in [0.2, 0.25) is 5.02 Å². The van der Waals surface area contributed by atoms with Gasteiger partial charge in [-0.1, -0.05) is 35.9 Å². The molecule has 0 atom stereocenters. The Morgan fingerprint density at radius 1 is 1.18 bits per heavy atom. The summed E-state index contributed by atoms with van der Waals surface area (Å²) < 4.78 is 37.9. The van der Waals surface area contributed by atoms with Gasteiger partial charge in [-0.15, -0.1) is 0 Å². The van der Waals surface area contributed by atoms with Gasteiger partial charge >= 0.3 is 6.18 Å². The van der Waals surface area contributed by atoms with Crippen molar-refractivity contribution in [3.05, 3.63) is 64.2 Å². The molecule has 0 saturated heterocycles. The Kier molecular flexibility index (Phi) is 4.76. The molecule has 0 spiro atoms. The molecule has 0 aromatic heterocycles. The Labute approximate surface area is 130 Å². The Bertz CT molecular complexity index is 698. The highest BCUT2D eigenvalue weighted by Crippen LogP contribution is 2.29. The molecule has 2 aromatic carbocycles. The van der Waals surface area contributed by atoms with Crippen LogP contribution in [0.15, 0.2) is 42.5 Å². The molecule has 6 heteroatoms. The Balaban J connectivity index is 2.11. The number of amides is 1. The standard InChI is InChI=1S/C16H13ClF3NO/c1-10-5-6-13(17)9-14(10)21-15(22)8-11-3-2-4-12(7-11)16(18,19)20/h2-7,9H,8H2,1H3,(H,21,22). The summed E-state index contributed by atoms with van der Waals surface area (Å²) in [6.07, 6.45) is -4.56. The van der Waals surface area contributed by atoms with Gasteiger partial charge in [-0.2, -0.15) is 13.2 Å². The third-order valence-electron chi connectivity index (χ3n) is 3.09. The first-order chi connectivity index (χ1) is 10.3. The van der Waals surface area contributed by atoms with E-state index < -0.39 is 17.6 Å². The van der Waals surface area contributed by atoms with Gasteiger partial charge in [0.1, 0.15) is 0 Å². The average molecular weight is 328 g/mol. The van der Waals surface area contributed by atoms with Crippen molar-refractivity contribution in [2.24, 2.45) is 0 Å². The molecule has 0 heterocycles. The second-order valence-electron chi connectivity index (χ2n) is 4.88. The molecule has 1 amide bonds. The number of hydrogen-bond acceptors (Lipinski definition) is 1. The lowest BCUT2D eigenvalue weighted by atomic mass is 10.1. The molecule has 0 fully saturated rings. The van der Waals surface area contributed by atoms with Gasteiger partial charge in [0.15, 0.2) is 0 Å². The Morgan fingerprint density at radius 2 is 1.91 bits per heavy atom. The van der Waals surface area contributed by atoms with Crippen LogP contribution in [0.1, 0.15) is 16.7 Å². The van der Waals surface area contributed by atoms with E-state index in [0.29, 0.717) is 16.3 Å². The van der Waals surface area contributed by atoms with E-state index in [9.17, 15) is 18.0 Å². The van der Waals surface area contributed by atoms with Crippen molar-refractivity contribution in [2.45, 2.75) is 19.5 Å². The number of hydrogen-bond donors (Lipinski definition) is 1. The van der Waals surface area contributed by atoms with Gasteiger partial charge in [-0.25, -0.2) is 0 Å². The van der Waals surface area contributed by atoms with E-state index in [-0.39, 0.29) is 6.42 Å². The van der Waals surface area contributed by atoms with Crippen molar-refractivity contribution >= 4 is 23.2 Å². The first kappa shape index (κ1) is 16.4. The van der Waals surface area contributed by atoms with E-state index in [1.165, 1.54) is 12.1 Å². The average Bonchev–Trinajstić information content (AvgIpc) is 2.42. The van der Waals surface area contributed by atoms with Crippen LogP contribution in [0, 0.1) is 6.92 Å². The van der Waals surface area contributed by atoms with Gasteiger partial charge in [-0.05, 0) is 36.2 Å². The fraction of sp³-hybridized carbons (Fsp3) is 0.188. The van der Waals surface area contributed by atoms with Crippen molar-refractivity contribution in [3.8, 4) is 0 Å². The van der Waals surface area contributed by atoms with Gasteiger partial charge < -0.3 is 5.32 Å². The number of aryl methyl sites for hydroxylation is 1. The highest BCUT2D eigenvalue weighted by atomic mass is 35.5. The Morgan fingerprint density at radius 3 is 2.59 bits per heavy atom. The minimum Gasteiger partial charge on any atom is -0.326 e. The van der Waals surface area contributed by atoms with Crippen LogP contribution in [0.3, 0.4) is 0 Å². The summed E-state index contributed by atoms with van der Waals surface area (Å²) in [5, 5.41) is 3.13. The van der Waals surface area contributed by atoms with Crippen molar-refractivity contribution in [1.29, 1.82) is 0 Å². The predicted octanol–water partition coefficient (Wildman–Crippen LogP) is 4.85. The molecule has 2 aromatic rings. The molecule has 0 aliphatic rings. The fourth-order valence-electron chi connectivity index (χ4n) is 1.97. The number of anilines is 1. The maximum Gasteiger partial charge on any atom is 0.416 e. The van der Waals surface area contributed by atoms with Gasteiger partial charge in [0.25, 0.3) is 0 Å². The summed E-state index contributed by atoms with van der Waals surface area (Å²) in [6.45, 7) is 1.80. The summed E-state index contributed by atoms with van der Waals surface area (Å²) in [6, 6.07) is 9.77. The molecule has 2 rings (SSSR count). The predicted molar refractivity (Wildman–Crippen MR) is 80.0 cm³/mol. The van der Waals surface area contributed by atoms with E-state index in [1.807, 2.05) is 0 Å². The summed E-state index contributed by atoms with van der Waals surface area (Å²) in [7, 11) is 0.